The highest BCUT2D eigenvalue weighted by Crippen LogP contribution is 2.29. The molecule has 3 heteroatoms. The van der Waals surface area contributed by atoms with E-state index in [2.05, 4.69) is 0 Å². The lowest BCUT2D eigenvalue weighted by molar-refractivity contribution is 0.470. The lowest BCUT2D eigenvalue weighted by Crippen LogP contribution is -2.00. The number of aryl methyl sites for hydroxylation is 2. The Hall–Kier alpha value is -1.87. The van der Waals surface area contributed by atoms with Crippen LogP contribution in [0, 0.1) is 19.7 Å². The van der Waals surface area contributed by atoms with Crippen LogP contribution in [-0.4, -0.2) is 0 Å². The van der Waals surface area contributed by atoms with Crippen molar-refractivity contribution in [2.24, 2.45) is 5.73 Å². The highest BCUT2D eigenvalue weighted by atomic mass is 19.1. The standard InChI is InChI=1S/C15H16FNO/c1-10-3-4-11(2)15(7-10)18-14-6-5-13(16)8-12(14)9-17/h3-8H,9,17H2,1-2H3. The number of benzene rings is 2. The zero-order valence-electron chi connectivity index (χ0n) is 10.5. The number of hydrogen-bond acceptors (Lipinski definition) is 2. The van der Waals surface area contributed by atoms with E-state index in [1.54, 1.807) is 6.07 Å². The van der Waals surface area contributed by atoms with Gasteiger partial charge in [0, 0.05) is 12.1 Å². The van der Waals surface area contributed by atoms with Crippen molar-refractivity contribution in [2.45, 2.75) is 20.4 Å². The first kappa shape index (κ1) is 12.6. The summed E-state index contributed by atoms with van der Waals surface area (Å²) in [5.41, 5.74) is 8.41. The first-order chi connectivity index (χ1) is 8.60. The molecule has 2 rings (SSSR count). The third-order valence-electron chi connectivity index (χ3n) is 2.81. The zero-order chi connectivity index (χ0) is 13.1. The van der Waals surface area contributed by atoms with Gasteiger partial charge >= 0.3 is 0 Å². The first-order valence-electron chi connectivity index (χ1n) is 5.84. The molecular weight excluding hydrogens is 229 g/mol. The van der Waals surface area contributed by atoms with Crippen molar-refractivity contribution in [3.8, 4) is 11.5 Å². The maximum absolute atomic E-state index is 13.1. The summed E-state index contributed by atoms with van der Waals surface area (Å²) < 4.78 is 18.9. The van der Waals surface area contributed by atoms with Crippen molar-refractivity contribution >= 4 is 0 Å². The molecule has 0 fully saturated rings. The Labute approximate surface area is 106 Å². The van der Waals surface area contributed by atoms with Gasteiger partial charge in [-0.05, 0) is 49.2 Å². The van der Waals surface area contributed by atoms with Gasteiger partial charge in [-0.2, -0.15) is 0 Å². The number of ether oxygens (including phenoxy) is 1. The monoisotopic (exact) mass is 245 g/mol. The summed E-state index contributed by atoms with van der Waals surface area (Å²) in [6.07, 6.45) is 0. The van der Waals surface area contributed by atoms with E-state index in [0.717, 1.165) is 16.9 Å². The topological polar surface area (TPSA) is 35.2 Å². The van der Waals surface area contributed by atoms with Gasteiger partial charge in [0.1, 0.15) is 17.3 Å². The zero-order valence-corrected chi connectivity index (χ0v) is 10.5. The van der Waals surface area contributed by atoms with Gasteiger partial charge in [-0.25, -0.2) is 4.39 Å². The number of rotatable bonds is 3. The molecule has 0 saturated heterocycles. The molecule has 94 valence electrons. The van der Waals surface area contributed by atoms with Crippen LogP contribution in [0.25, 0.3) is 0 Å². The molecule has 0 aromatic heterocycles. The molecule has 0 saturated carbocycles. The van der Waals surface area contributed by atoms with E-state index in [1.165, 1.54) is 12.1 Å². The quantitative estimate of drug-likeness (QED) is 0.895. The van der Waals surface area contributed by atoms with Gasteiger partial charge in [-0.3, -0.25) is 0 Å². The van der Waals surface area contributed by atoms with Crippen LogP contribution >= 0.6 is 0 Å². The fourth-order valence-electron chi connectivity index (χ4n) is 1.74. The Balaban J connectivity index is 2.36. The average molecular weight is 245 g/mol. The van der Waals surface area contributed by atoms with Crippen molar-refractivity contribution in [3.63, 3.8) is 0 Å². The molecule has 0 aliphatic carbocycles. The van der Waals surface area contributed by atoms with Gasteiger partial charge in [-0.15, -0.1) is 0 Å². The fraction of sp³-hybridized carbons (Fsp3) is 0.200. The van der Waals surface area contributed by atoms with E-state index >= 15 is 0 Å². The molecule has 0 unspecified atom stereocenters. The molecule has 0 bridgehead atoms. The molecule has 2 aromatic rings. The molecule has 0 spiro atoms. The summed E-state index contributed by atoms with van der Waals surface area (Å²) in [6, 6.07) is 10.4. The maximum atomic E-state index is 13.1. The van der Waals surface area contributed by atoms with E-state index in [9.17, 15) is 4.39 Å². The van der Waals surface area contributed by atoms with Crippen LogP contribution in [0.3, 0.4) is 0 Å². The summed E-state index contributed by atoms with van der Waals surface area (Å²) in [7, 11) is 0. The van der Waals surface area contributed by atoms with Gasteiger partial charge in [0.2, 0.25) is 0 Å². The van der Waals surface area contributed by atoms with E-state index in [4.69, 9.17) is 10.5 Å². The Kier molecular flexibility index (Phi) is 3.63. The molecule has 0 heterocycles. The van der Waals surface area contributed by atoms with Gasteiger partial charge in [-0.1, -0.05) is 12.1 Å². The Morgan fingerprint density at radius 2 is 1.83 bits per heavy atom. The molecule has 0 radical (unpaired) electrons. The normalized spacial score (nSPS) is 10.4. The molecule has 0 aliphatic heterocycles. The summed E-state index contributed by atoms with van der Waals surface area (Å²) in [4.78, 5) is 0. The molecule has 0 atom stereocenters. The molecule has 0 aliphatic rings. The van der Waals surface area contributed by atoms with Crippen LogP contribution < -0.4 is 10.5 Å². The van der Waals surface area contributed by atoms with Crippen molar-refractivity contribution < 1.29 is 9.13 Å². The molecule has 2 nitrogen and oxygen atoms in total. The summed E-state index contributed by atoms with van der Waals surface area (Å²) in [5, 5.41) is 0. The third kappa shape index (κ3) is 2.68. The van der Waals surface area contributed by atoms with Crippen molar-refractivity contribution in [3.05, 3.63) is 58.9 Å². The van der Waals surface area contributed by atoms with Gasteiger partial charge in [0.25, 0.3) is 0 Å². The number of halogens is 1. The fourth-order valence-corrected chi connectivity index (χ4v) is 1.74. The predicted octanol–water partition coefficient (Wildman–Crippen LogP) is 3.69. The van der Waals surface area contributed by atoms with E-state index in [1.807, 2.05) is 32.0 Å². The average Bonchev–Trinajstić information content (AvgIpc) is 2.36. The highest BCUT2D eigenvalue weighted by Gasteiger charge is 2.07. The minimum atomic E-state index is -0.302. The van der Waals surface area contributed by atoms with Crippen LogP contribution in [0.2, 0.25) is 0 Å². The summed E-state index contributed by atoms with van der Waals surface area (Å²) >= 11 is 0. The third-order valence-corrected chi connectivity index (χ3v) is 2.81. The minimum Gasteiger partial charge on any atom is -0.457 e. The van der Waals surface area contributed by atoms with Crippen LogP contribution in [0.15, 0.2) is 36.4 Å². The van der Waals surface area contributed by atoms with Crippen molar-refractivity contribution in [2.75, 3.05) is 0 Å². The van der Waals surface area contributed by atoms with Crippen molar-refractivity contribution in [1.29, 1.82) is 0 Å². The van der Waals surface area contributed by atoms with E-state index in [-0.39, 0.29) is 12.4 Å². The molecule has 2 N–H and O–H groups in total. The molecule has 0 amide bonds. The smallest absolute Gasteiger partial charge is 0.132 e. The summed E-state index contributed by atoms with van der Waals surface area (Å²) in [6.45, 7) is 4.22. The number of nitrogens with two attached hydrogens (primary N) is 1. The van der Waals surface area contributed by atoms with Crippen LogP contribution in [-0.2, 0) is 6.54 Å². The summed E-state index contributed by atoms with van der Waals surface area (Å²) in [5.74, 6) is 1.08. The second-order valence-corrected chi connectivity index (χ2v) is 4.33. The molecule has 18 heavy (non-hydrogen) atoms. The second kappa shape index (κ2) is 5.19. The van der Waals surface area contributed by atoms with Crippen LogP contribution in [0.4, 0.5) is 4.39 Å². The van der Waals surface area contributed by atoms with E-state index < -0.39 is 0 Å². The minimum absolute atomic E-state index is 0.248. The van der Waals surface area contributed by atoms with Crippen molar-refractivity contribution in [1.82, 2.24) is 0 Å². The van der Waals surface area contributed by atoms with Gasteiger partial charge in [0.05, 0.1) is 0 Å². The van der Waals surface area contributed by atoms with Crippen LogP contribution in [0.1, 0.15) is 16.7 Å². The predicted molar refractivity (Wildman–Crippen MR) is 70.3 cm³/mol. The molecular formula is C15H16FNO. The second-order valence-electron chi connectivity index (χ2n) is 4.33. The van der Waals surface area contributed by atoms with Gasteiger partial charge < -0.3 is 10.5 Å². The maximum Gasteiger partial charge on any atom is 0.132 e. The van der Waals surface area contributed by atoms with E-state index in [0.29, 0.717) is 11.3 Å². The largest absolute Gasteiger partial charge is 0.457 e. The Morgan fingerprint density at radius 3 is 2.56 bits per heavy atom. The lowest BCUT2D eigenvalue weighted by atomic mass is 10.1. The highest BCUT2D eigenvalue weighted by molar-refractivity contribution is 5.42. The van der Waals surface area contributed by atoms with Gasteiger partial charge in [0.15, 0.2) is 0 Å². The molecule has 2 aromatic carbocycles. The Morgan fingerprint density at radius 1 is 1.06 bits per heavy atom. The first-order valence-corrected chi connectivity index (χ1v) is 5.84. The SMILES string of the molecule is Cc1ccc(C)c(Oc2ccc(F)cc2CN)c1. The number of hydrogen-bond donors (Lipinski definition) is 1. The van der Waals surface area contributed by atoms with Crippen LogP contribution in [0.5, 0.6) is 11.5 Å². The Bertz CT molecular complexity index is 566. The lowest BCUT2D eigenvalue weighted by Gasteiger charge is -2.12.